The molecule has 2 aromatic rings. The van der Waals surface area contributed by atoms with Gasteiger partial charge < -0.3 is 25.6 Å². The summed E-state index contributed by atoms with van der Waals surface area (Å²) in [7, 11) is 3.46. The Morgan fingerprint density at radius 3 is 2.58 bits per heavy atom. The molecule has 5 nitrogen and oxygen atoms in total. The predicted octanol–water partition coefficient (Wildman–Crippen LogP) is 3.01. The lowest BCUT2D eigenvalue weighted by molar-refractivity contribution is 0.109. The van der Waals surface area contributed by atoms with Gasteiger partial charge in [-0.1, -0.05) is 18.2 Å². The molecule has 0 fully saturated rings. The van der Waals surface area contributed by atoms with Crippen molar-refractivity contribution in [1.29, 1.82) is 0 Å². The summed E-state index contributed by atoms with van der Waals surface area (Å²) in [5.41, 5.74) is 3.87. The van der Waals surface area contributed by atoms with Crippen molar-refractivity contribution in [3.05, 3.63) is 53.1 Å². The highest BCUT2D eigenvalue weighted by Crippen LogP contribution is 2.39. The van der Waals surface area contributed by atoms with Crippen molar-refractivity contribution in [1.82, 2.24) is 5.32 Å². The van der Waals surface area contributed by atoms with Crippen molar-refractivity contribution >= 4 is 5.69 Å². The van der Waals surface area contributed by atoms with Crippen LogP contribution >= 0.6 is 0 Å². The minimum atomic E-state index is -0.579. The zero-order chi connectivity index (χ0) is 18.7. The highest BCUT2D eigenvalue weighted by molar-refractivity contribution is 5.64. The highest BCUT2D eigenvalue weighted by Gasteiger charge is 2.30. The number of hydrogen-bond donors (Lipinski definition) is 4. The third kappa shape index (κ3) is 3.79. The number of rotatable bonds is 6. The van der Waals surface area contributed by atoms with Crippen LogP contribution in [0.25, 0.3) is 0 Å². The molecule has 3 atom stereocenters. The fraction of sp³-hybridized carbons (Fsp3) is 0.429. The van der Waals surface area contributed by atoms with Gasteiger partial charge >= 0.3 is 0 Å². The van der Waals surface area contributed by atoms with Crippen molar-refractivity contribution in [3.63, 3.8) is 0 Å². The molecule has 0 spiro atoms. The summed E-state index contributed by atoms with van der Waals surface area (Å²) < 4.78 is 5.20. The average Bonchev–Trinajstić information content (AvgIpc) is 2.64. The first-order chi connectivity index (χ1) is 12.5. The molecule has 0 saturated heterocycles. The van der Waals surface area contributed by atoms with E-state index in [0.29, 0.717) is 0 Å². The van der Waals surface area contributed by atoms with E-state index in [9.17, 15) is 10.2 Å². The Labute approximate surface area is 155 Å². The molecule has 0 amide bonds. The van der Waals surface area contributed by atoms with Gasteiger partial charge in [0.05, 0.1) is 18.9 Å². The maximum Gasteiger partial charge on any atom is 0.138 e. The van der Waals surface area contributed by atoms with Crippen LogP contribution in [0.5, 0.6) is 11.5 Å². The molecule has 0 bridgehead atoms. The molecule has 0 heterocycles. The normalized spacial score (nSPS) is 20.3. The minimum absolute atomic E-state index is 0.00463. The first-order valence-electron chi connectivity index (χ1n) is 9.13. The number of methoxy groups -OCH3 is 1. The summed E-state index contributed by atoms with van der Waals surface area (Å²) in [5.74, 6) is 1.09. The number of phenols is 1. The summed E-state index contributed by atoms with van der Waals surface area (Å²) in [6.07, 6.45) is 1.96. The van der Waals surface area contributed by atoms with E-state index in [-0.39, 0.29) is 17.8 Å². The van der Waals surface area contributed by atoms with E-state index in [1.54, 1.807) is 20.2 Å². The van der Waals surface area contributed by atoms with E-state index in [1.165, 1.54) is 5.56 Å². The Hall–Kier alpha value is -2.24. The summed E-state index contributed by atoms with van der Waals surface area (Å²) in [6.45, 7) is 2.14. The van der Waals surface area contributed by atoms with Crippen LogP contribution in [0.1, 0.15) is 36.1 Å². The molecule has 0 aromatic heterocycles. The van der Waals surface area contributed by atoms with Gasteiger partial charge in [0.15, 0.2) is 0 Å². The van der Waals surface area contributed by atoms with Crippen LogP contribution in [0.3, 0.4) is 0 Å². The maximum absolute atomic E-state index is 10.8. The molecule has 1 unspecified atom stereocenters. The van der Waals surface area contributed by atoms with Gasteiger partial charge in [-0.15, -0.1) is 0 Å². The van der Waals surface area contributed by atoms with Gasteiger partial charge in [0, 0.05) is 19.1 Å². The van der Waals surface area contributed by atoms with Gasteiger partial charge in [-0.25, -0.2) is 0 Å². The Kier molecular flexibility index (Phi) is 5.69. The standard InChI is InChI=1S/C21H28N2O3/c1-13(12-14-4-6-15(26-3)7-5-14)23-18-10-8-16-17(21(18)25)9-11-19(24)20(16)22-2/h4-7,9,11,13,18,21-25H,8,10,12H2,1-3H3/t13?,18-,21-/m0/s1. The molecule has 0 saturated carbocycles. The Morgan fingerprint density at radius 2 is 1.92 bits per heavy atom. The number of aliphatic hydroxyl groups is 1. The Bertz CT molecular complexity index is 746. The fourth-order valence-electron chi connectivity index (χ4n) is 3.87. The Balaban J connectivity index is 1.67. The number of ether oxygens (including phenoxy) is 1. The fourth-order valence-corrected chi connectivity index (χ4v) is 3.87. The predicted molar refractivity (Wildman–Crippen MR) is 104 cm³/mol. The molecule has 0 radical (unpaired) electrons. The molecule has 4 N–H and O–H groups in total. The van der Waals surface area contributed by atoms with Crippen molar-refractivity contribution in [2.75, 3.05) is 19.5 Å². The lowest BCUT2D eigenvalue weighted by Crippen LogP contribution is -2.44. The van der Waals surface area contributed by atoms with Crippen LogP contribution in [0.2, 0.25) is 0 Å². The van der Waals surface area contributed by atoms with Gasteiger partial charge in [0.1, 0.15) is 11.5 Å². The number of nitrogens with one attached hydrogen (secondary N) is 2. The third-order valence-corrected chi connectivity index (χ3v) is 5.18. The Morgan fingerprint density at radius 1 is 1.19 bits per heavy atom. The first-order valence-corrected chi connectivity index (χ1v) is 9.13. The van der Waals surface area contributed by atoms with Crippen LogP contribution in [-0.4, -0.2) is 36.5 Å². The van der Waals surface area contributed by atoms with Gasteiger partial charge in [-0.3, -0.25) is 0 Å². The van der Waals surface area contributed by atoms with Crippen molar-refractivity contribution in [2.45, 2.75) is 44.4 Å². The quantitative estimate of drug-likeness (QED) is 0.599. The van der Waals surface area contributed by atoms with Gasteiger partial charge in [0.2, 0.25) is 0 Å². The number of phenolic OH excluding ortho intramolecular Hbond substituents is 1. The smallest absolute Gasteiger partial charge is 0.138 e. The first kappa shape index (κ1) is 18.5. The van der Waals surface area contributed by atoms with Gasteiger partial charge in [0.25, 0.3) is 0 Å². The second-order valence-corrected chi connectivity index (χ2v) is 6.99. The van der Waals surface area contributed by atoms with Crippen LogP contribution < -0.4 is 15.4 Å². The topological polar surface area (TPSA) is 73.8 Å². The minimum Gasteiger partial charge on any atom is -0.506 e. The molecule has 26 heavy (non-hydrogen) atoms. The van der Waals surface area contributed by atoms with Crippen molar-refractivity contribution < 1.29 is 14.9 Å². The number of aromatic hydroxyl groups is 1. The monoisotopic (exact) mass is 356 g/mol. The molecular weight excluding hydrogens is 328 g/mol. The van der Waals surface area contributed by atoms with E-state index >= 15 is 0 Å². The largest absolute Gasteiger partial charge is 0.506 e. The van der Waals surface area contributed by atoms with Crippen LogP contribution in [0, 0.1) is 0 Å². The van der Waals surface area contributed by atoms with E-state index < -0.39 is 6.10 Å². The summed E-state index contributed by atoms with van der Waals surface area (Å²) in [4.78, 5) is 0. The SMILES string of the molecule is CNc1c(O)ccc2c1CC[C@H](NC(C)Cc1ccc(OC)cc1)[C@H]2O. The average molecular weight is 356 g/mol. The summed E-state index contributed by atoms with van der Waals surface area (Å²) in [5, 5.41) is 27.4. The number of aliphatic hydroxyl groups excluding tert-OH is 1. The molecule has 140 valence electrons. The zero-order valence-electron chi connectivity index (χ0n) is 15.6. The van der Waals surface area contributed by atoms with Gasteiger partial charge in [-0.05, 0) is 61.1 Å². The van der Waals surface area contributed by atoms with Crippen molar-refractivity contribution in [3.8, 4) is 11.5 Å². The zero-order valence-corrected chi connectivity index (χ0v) is 15.6. The lowest BCUT2D eigenvalue weighted by atomic mass is 9.84. The van der Waals surface area contributed by atoms with Crippen LogP contribution in [-0.2, 0) is 12.8 Å². The third-order valence-electron chi connectivity index (χ3n) is 5.18. The summed E-state index contributed by atoms with van der Waals surface area (Å²) in [6, 6.07) is 11.8. The maximum atomic E-state index is 10.8. The molecule has 2 aromatic carbocycles. The summed E-state index contributed by atoms with van der Waals surface area (Å²) >= 11 is 0. The van der Waals surface area contributed by atoms with E-state index in [0.717, 1.165) is 41.8 Å². The van der Waals surface area contributed by atoms with Crippen LogP contribution in [0.4, 0.5) is 5.69 Å². The molecular formula is C21H28N2O3. The number of benzene rings is 2. The van der Waals surface area contributed by atoms with Crippen LogP contribution in [0.15, 0.2) is 36.4 Å². The number of anilines is 1. The molecule has 0 aliphatic heterocycles. The van der Waals surface area contributed by atoms with E-state index in [1.807, 2.05) is 18.2 Å². The number of hydrogen-bond acceptors (Lipinski definition) is 5. The highest BCUT2D eigenvalue weighted by atomic mass is 16.5. The lowest BCUT2D eigenvalue weighted by Gasteiger charge is -2.34. The van der Waals surface area contributed by atoms with E-state index in [2.05, 4.69) is 29.7 Å². The number of fused-ring (bicyclic) bond motifs is 1. The molecule has 1 aliphatic rings. The second kappa shape index (κ2) is 7.98. The van der Waals surface area contributed by atoms with Crippen molar-refractivity contribution in [2.24, 2.45) is 0 Å². The second-order valence-electron chi connectivity index (χ2n) is 6.99. The van der Waals surface area contributed by atoms with Gasteiger partial charge in [-0.2, -0.15) is 0 Å². The molecule has 1 aliphatic carbocycles. The van der Waals surface area contributed by atoms with E-state index in [4.69, 9.17) is 4.74 Å². The molecule has 3 rings (SSSR count). The molecule has 5 heteroatoms.